The van der Waals surface area contributed by atoms with Crippen LogP contribution in [-0.2, 0) is 0 Å². The van der Waals surface area contributed by atoms with Crippen molar-refractivity contribution in [3.8, 4) is 0 Å². The monoisotopic (exact) mass is 193 g/mol. The van der Waals surface area contributed by atoms with Crippen LogP contribution in [0.4, 0.5) is 0 Å². The molecule has 14 heavy (non-hydrogen) atoms. The van der Waals surface area contributed by atoms with Crippen molar-refractivity contribution in [2.24, 2.45) is 0 Å². The van der Waals surface area contributed by atoms with Crippen molar-refractivity contribution in [2.45, 2.75) is 12.5 Å². The molecule has 1 aliphatic heterocycles. The summed E-state index contributed by atoms with van der Waals surface area (Å²) in [5.74, 6) is -0.109. The molecule has 5 nitrogen and oxygen atoms in total. The fourth-order valence-electron chi connectivity index (χ4n) is 1.52. The molecule has 0 bridgehead atoms. The summed E-state index contributed by atoms with van der Waals surface area (Å²) in [6, 6.07) is 0. The van der Waals surface area contributed by atoms with Crippen molar-refractivity contribution < 1.29 is 9.90 Å². The highest BCUT2D eigenvalue weighted by atomic mass is 16.3. The van der Waals surface area contributed by atoms with Gasteiger partial charge >= 0.3 is 0 Å². The summed E-state index contributed by atoms with van der Waals surface area (Å²) in [5.41, 5.74) is 0.474. The molecule has 5 heteroatoms. The Balaban J connectivity index is 2.10. The van der Waals surface area contributed by atoms with Crippen molar-refractivity contribution in [3.05, 3.63) is 24.3 Å². The van der Waals surface area contributed by atoms with Gasteiger partial charge in [-0.05, 0) is 6.42 Å². The minimum absolute atomic E-state index is 0.109. The first kappa shape index (κ1) is 9.08. The van der Waals surface area contributed by atoms with Crippen LogP contribution in [0.3, 0.4) is 0 Å². The third-order valence-electron chi connectivity index (χ3n) is 2.26. The number of hydrogen-bond donors (Lipinski definition) is 1. The van der Waals surface area contributed by atoms with E-state index in [0.717, 1.165) is 0 Å². The summed E-state index contributed by atoms with van der Waals surface area (Å²) in [6.45, 7) is 1.02. The maximum atomic E-state index is 11.7. The predicted molar refractivity (Wildman–Crippen MR) is 48.6 cm³/mol. The number of rotatable bonds is 1. The van der Waals surface area contributed by atoms with Crippen LogP contribution in [0, 0.1) is 0 Å². The first-order valence-corrected chi connectivity index (χ1v) is 4.50. The van der Waals surface area contributed by atoms with Gasteiger partial charge in [-0.1, -0.05) is 0 Å². The van der Waals surface area contributed by atoms with Crippen LogP contribution in [-0.4, -0.2) is 45.1 Å². The summed E-state index contributed by atoms with van der Waals surface area (Å²) in [7, 11) is 0. The fourth-order valence-corrected chi connectivity index (χ4v) is 1.52. The van der Waals surface area contributed by atoms with Gasteiger partial charge in [0.15, 0.2) is 0 Å². The largest absolute Gasteiger partial charge is 0.391 e. The molecular weight excluding hydrogens is 182 g/mol. The van der Waals surface area contributed by atoms with Gasteiger partial charge in [0.1, 0.15) is 6.33 Å². The van der Waals surface area contributed by atoms with E-state index < -0.39 is 0 Å². The molecule has 0 unspecified atom stereocenters. The van der Waals surface area contributed by atoms with Crippen LogP contribution in [0.2, 0.25) is 0 Å². The number of carbonyl (C=O) groups is 1. The lowest BCUT2D eigenvalue weighted by Gasteiger charge is -2.14. The predicted octanol–water partition coefficient (Wildman–Crippen LogP) is -0.317. The Morgan fingerprint density at radius 3 is 2.79 bits per heavy atom. The number of likely N-dealkylation sites (tertiary alicyclic amines) is 1. The van der Waals surface area contributed by atoms with E-state index in [1.165, 1.54) is 18.7 Å². The van der Waals surface area contributed by atoms with Gasteiger partial charge in [0.25, 0.3) is 5.91 Å². The quantitative estimate of drug-likeness (QED) is 0.664. The van der Waals surface area contributed by atoms with E-state index in [1.54, 1.807) is 4.90 Å². The van der Waals surface area contributed by atoms with Crippen molar-refractivity contribution in [1.82, 2.24) is 14.9 Å². The highest BCUT2D eigenvalue weighted by Crippen LogP contribution is 2.11. The maximum absolute atomic E-state index is 11.7. The smallest absolute Gasteiger partial charge is 0.257 e. The molecule has 1 aromatic rings. The van der Waals surface area contributed by atoms with Crippen molar-refractivity contribution in [2.75, 3.05) is 13.1 Å². The average Bonchev–Trinajstić information content (AvgIpc) is 2.65. The number of amides is 1. The van der Waals surface area contributed by atoms with Gasteiger partial charge in [0, 0.05) is 25.5 Å². The molecule has 0 aromatic carbocycles. The zero-order valence-corrected chi connectivity index (χ0v) is 7.63. The number of β-amino-alcohol motifs (C(OH)–C–C–N with tert-alkyl or cyclic N) is 1. The standard InChI is InChI=1S/C9H11N3O2/c13-8-1-2-12(5-8)9(14)7-3-10-6-11-4-7/h3-4,6,8,13H,1-2,5H2/t8-/m0/s1. The molecule has 2 heterocycles. The van der Waals surface area contributed by atoms with Crippen LogP contribution >= 0.6 is 0 Å². The molecule has 0 radical (unpaired) electrons. The number of hydrogen-bond acceptors (Lipinski definition) is 4. The van der Waals surface area contributed by atoms with Crippen LogP contribution in [0.15, 0.2) is 18.7 Å². The highest BCUT2D eigenvalue weighted by Gasteiger charge is 2.25. The van der Waals surface area contributed by atoms with Gasteiger partial charge in [0.05, 0.1) is 11.7 Å². The van der Waals surface area contributed by atoms with Gasteiger partial charge in [-0.2, -0.15) is 0 Å². The lowest BCUT2D eigenvalue weighted by atomic mass is 10.3. The second-order valence-electron chi connectivity index (χ2n) is 3.32. The zero-order chi connectivity index (χ0) is 9.97. The minimum atomic E-state index is -0.386. The van der Waals surface area contributed by atoms with Crippen molar-refractivity contribution in [3.63, 3.8) is 0 Å². The summed E-state index contributed by atoms with van der Waals surface area (Å²) >= 11 is 0. The molecule has 74 valence electrons. The summed E-state index contributed by atoms with van der Waals surface area (Å²) < 4.78 is 0. The first-order valence-electron chi connectivity index (χ1n) is 4.50. The molecular formula is C9H11N3O2. The van der Waals surface area contributed by atoms with Gasteiger partial charge in [-0.25, -0.2) is 9.97 Å². The summed E-state index contributed by atoms with van der Waals surface area (Å²) in [5, 5.41) is 9.27. The maximum Gasteiger partial charge on any atom is 0.257 e. The van der Waals surface area contributed by atoms with E-state index in [0.29, 0.717) is 25.1 Å². The molecule has 0 aliphatic carbocycles. The Morgan fingerprint density at radius 2 is 2.21 bits per heavy atom. The van der Waals surface area contributed by atoms with Gasteiger partial charge < -0.3 is 10.0 Å². The molecule has 1 saturated heterocycles. The third kappa shape index (κ3) is 1.72. The Hall–Kier alpha value is -1.49. The average molecular weight is 193 g/mol. The fraction of sp³-hybridized carbons (Fsp3) is 0.444. The number of nitrogens with zero attached hydrogens (tertiary/aromatic N) is 3. The van der Waals surface area contributed by atoms with E-state index in [1.807, 2.05) is 0 Å². The van der Waals surface area contributed by atoms with Crippen LogP contribution in [0.1, 0.15) is 16.8 Å². The molecule has 1 fully saturated rings. The molecule has 1 amide bonds. The number of carbonyl (C=O) groups excluding carboxylic acids is 1. The van der Waals surface area contributed by atoms with Crippen LogP contribution in [0.25, 0.3) is 0 Å². The van der Waals surface area contributed by atoms with Crippen molar-refractivity contribution in [1.29, 1.82) is 0 Å². The minimum Gasteiger partial charge on any atom is -0.391 e. The van der Waals surface area contributed by atoms with E-state index in [2.05, 4.69) is 9.97 Å². The molecule has 1 aliphatic rings. The Kier molecular flexibility index (Phi) is 2.41. The highest BCUT2D eigenvalue weighted by molar-refractivity contribution is 5.93. The lowest BCUT2D eigenvalue weighted by Crippen LogP contribution is -2.29. The Bertz CT molecular complexity index is 328. The SMILES string of the molecule is O=C(c1cncnc1)N1CC[C@H](O)C1. The van der Waals surface area contributed by atoms with E-state index in [-0.39, 0.29) is 12.0 Å². The van der Waals surface area contributed by atoms with E-state index >= 15 is 0 Å². The molecule has 0 saturated carbocycles. The summed E-state index contributed by atoms with van der Waals surface area (Å²) in [4.78, 5) is 20.9. The number of aliphatic hydroxyl groups is 1. The summed E-state index contributed by atoms with van der Waals surface area (Å²) in [6.07, 6.45) is 4.62. The number of aromatic nitrogens is 2. The molecule has 1 aromatic heterocycles. The van der Waals surface area contributed by atoms with Crippen LogP contribution < -0.4 is 0 Å². The van der Waals surface area contributed by atoms with Crippen LogP contribution in [0.5, 0.6) is 0 Å². The second-order valence-corrected chi connectivity index (χ2v) is 3.32. The van der Waals surface area contributed by atoms with E-state index in [9.17, 15) is 9.90 Å². The topological polar surface area (TPSA) is 66.3 Å². The van der Waals surface area contributed by atoms with Gasteiger partial charge in [0.2, 0.25) is 0 Å². The van der Waals surface area contributed by atoms with Gasteiger partial charge in [-0.3, -0.25) is 4.79 Å². The first-order chi connectivity index (χ1) is 6.77. The third-order valence-corrected chi connectivity index (χ3v) is 2.26. The second kappa shape index (κ2) is 3.71. The number of aliphatic hydroxyl groups excluding tert-OH is 1. The Labute approximate surface area is 81.4 Å². The Morgan fingerprint density at radius 1 is 1.50 bits per heavy atom. The lowest BCUT2D eigenvalue weighted by molar-refractivity contribution is 0.0764. The zero-order valence-electron chi connectivity index (χ0n) is 7.63. The molecule has 1 N–H and O–H groups in total. The molecule has 0 spiro atoms. The molecule has 1 atom stereocenters. The van der Waals surface area contributed by atoms with Crippen molar-refractivity contribution >= 4 is 5.91 Å². The van der Waals surface area contributed by atoms with E-state index in [4.69, 9.17) is 0 Å². The normalized spacial score (nSPS) is 21.2. The molecule has 2 rings (SSSR count). The van der Waals surface area contributed by atoms with Gasteiger partial charge in [-0.15, -0.1) is 0 Å².